The molecule has 1 aliphatic heterocycles. The van der Waals surface area contributed by atoms with Crippen molar-refractivity contribution in [1.82, 2.24) is 5.32 Å². The smallest absolute Gasteiger partial charge is 0.162 e. The van der Waals surface area contributed by atoms with Crippen molar-refractivity contribution in [3.8, 4) is 0 Å². The summed E-state index contributed by atoms with van der Waals surface area (Å²) >= 11 is 0. The first-order valence-corrected chi connectivity index (χ1v) is 6.73. The van der Waals surface area contributed by atoms with E-state index in [2.05, 4.69) is 29.6 Å². The van der Waals surface area contributed by atoms with Gasteiger partial charge in [0, 0.05) is 6.04 Å². The SMILES string of the molecule is CC1(C)OCC(NC2Cc3ccccc3C2)CO1. The van der Waals surface area contributed by atoms with E-state index in [1.807, 2.05) is 13.8 Å². The zero-order valence-electron chi connectivity index (χ0n) is 11.1. The molecular formula is C15H21NO2. The second-order valence-electron chi connectivity index (χ2n) is 5.76. The molecule has 1 saturated heterocycles. The number of hydrogen-bond acceptors (Lipinski definition) is 3. The van der Waals surface area contributed by atoms with Crippen LogP contribution in [0.4, 0.5) is 0 Å². The highest BCUT2D eigenvalue weighted by Gasteiger charge is 2.30. The number of hydrogen-bond donors (Lipinski definition) is 1. The molecule has 0 saturated carbocycles. The van der Waals surface area contributed by atoms with Crippen molar-refractivity contribution in [2.45, 2.75) is 44.6 Å². The second kappa shape index (κ2) is 4.65. The maximum atomic E-state index is 5.68. The lowest BCUT2D eigenvalue weighted by atomic mass is 10.1. The Morgan fingerprint density at radius 1 is 1.00 bits per heavy atom. The highest BCUT2D eigenvalue weighted by Crippen LogP contribution is 2.23. The molecule has 0 unspecified atom stereocenters. The first kappa shape index (κ1) is 12.2. The minimum atomic E-state index is -0.420. The quantitative estimate of drug-likeness (QED) is 0.866. The molecule has 1 aromatic carbocycles. The van der Waals surface area contributed by atoms with Gasteiger partial charge in [0.15, 0.2) is 5.79 Å². The number of fused-ring (bicyclic) bond motifs is 1. The van der Waals surface area contributed by atoms with Crippen LogP contribution in [0.3, 0.4) is 0 Å². The van der Waals surface area contributed by atoms with Crippen LogP contribution in [0.25, 0.3) is 0 Å². The fourth-order valence-electron chi connectivity index (χ4n) is 2.80. The minimum Gasteiger partial charge on any atom is -0.349 e. The van der Waals surface area contributed by atoms with Gasteiger partial charge in [-0.05, 0) is 37.8 Å². The monoisotopic (exact) mass is 247 g/mol. The average molecular weight is 247 g/mol. The summed E-state index contributed by atoms with van der Waals surface area (Å²) in [7, 11) is 0. The number of rotatable bonds is 2. The van der Waals surface area contributed by atoms with Crippen LogP contribution in [0.1, 0.15) is 25.0 Å². The first-order valence-electron chi connectivity index (χ1n) is 6.73. The van der Waals surface area contributed by atoms with Gasteiger partial charge in [-0.3, -0.25) is 0 Å². The van der Waals surface area contributed by atoms with E-state index in [-0.39, 0.29) is 0 Å². The zero-order chi connectivity index (χ0) is 12.6. The van der Waals surface area contributed by atoms with Gasteiger partial charge in [-0.25, -0.2) is 0 Å². The molecule has 3 rings (SSSR count). The van der Waals surface area contributed by atoms with Crippen LogP contribution < -0.4 is 5.32 Å². The molecule has 0 atom stereocenters. The van der Waals surface area contributed by atoms with Gasteiger partial charge in [0.1, 0.15) is 0 Å². The van der Waals surface area contributed by atoms with E-state index < -0.39 is 5.79 Å². The fourth-order valence-corrected chi connectivity index (χ4v) is 2.80. The van der Waals surface area contributed by atoms with Crippen molar-refractivity contribution in [2.75, 3.05) is 13.2 Å². The normalized spacial score (nSPS) is 24.1. The molecule has 0 aromatic heterocycles. The fraction of sp³-hybridized carbons (Fsp3) is 0.600. The van der Waals surface area contributed by atoms with Crippen molar-refractivity contribution < 1.29 is 9.47 Å². The Labute approximate surface area is 108 Å². The van der Waals surface area contributed by atoms with Crippen LogP contribution in [-0.4, -0.2) is 31.1 Å². The number of ether oxygens (including phenoxy) is 2. The second-order valence-corrected chi connectivity index (χ2v) is 5.76. The highest BCUT2D eigenvalue weighted by atomic mass is 16.7. The Bertz CT molecular complexity index is 395. The largest absolute Gasteiger partial charge is 0.349 e. The molecule has 1 fully saturated rings. The van der Waals surface area contributed by atoms with Gasteiger partial charge in [0.2, 0.25) is 0 Å². The van der Waals surface area contributed by atoms with Gasteiger partial charge in [0.25, 0.3) is 0 Å². The molecule has 0 spiro atoms. The van der Waals surface area contributed by atoms with Crippen molar-refractivity contribution in [3.63, 3.8) is 0 Å². The number of nitrogens with one attached hydrogen (secondary N) is 1. The van der Waals surface area contributed by atoms with Gasteiger partial charge < -0.3 is 14.8 Å². The lowest BCUT2D eigenvalue weighted by Crippen LogP contribution is -2.51. The molecule has 1 aliphatic carbocycles. The third kappa shape index (κ3) is 2.58. The molecule has 0 amide bonds. The Hall–Kier alpha value is -0.900. The van der Waals surface area contributed by atoms with Crippen LogP contribution in [0.15, 0.2) is 24.3 Å². The van der Waals surface area contributed by atoms with Gasteiger partial charge >= 0.3 is 0 Å². The third-order valence-corrected chi connectivity index (χ3v) is 3.79. The van der Waals surface area contributed by atoms with Crippen molar-refractivity contribution in [3.05, 3.63) is 35.4 Å². The van der Waals surface area contributed by atoms with E-state index in [9.17, 15) is 0 Å². The summed E-state index contributed by atoms with van der Waals surface area (Å²) in [5.74, 6) is -0.420. The molecule has 1 heterocycles. The lowest BCUT2D eigenvalue weighted by Gasteiger charge is -2.36. The summed E-state index contributed by atoms with van der Waals surface area (Å²) in [6.45, 7) is 5.41. The highest BCUT2D eigenvalue weighted by molar-refractivity contribution is 5.33. The van der Waals surface area contributed by atoms with Crippen LogP contribution in [0, 0.1) is 0 Å². The molecule has 1 aromatic rings. The zero-order valence-corrected chi connectivity index (χ0v) is 11.1. The standard InChI is InChI=1S/C15H21NO2/c1-15(2)17-9-14(10-18-15)16-13-7-11-5-3-4-6-12(11)8-13/h3-6,13-14,16H,7-10H2,1-2H3. The van der Waals surface area contributed by atoms with E-state index in [1.165, 1.54) is 11.1 Å². The molecule has 18 heavy (non-hydrogen) atoms. The predicted octanol–water partition coefficient (Wildman–Crippen LogP) is 1.89. The van der Waals surface area contributed by atoms with Crippen molar-refractivity contribution in [2.24, 2.45) is 0 Å². The topological polar surface area (TPSA) is 30.5 Å². The van der Waals surface area contributed by atoms with Crippen LogP contribution in [0.5, 0.6) is 0 Å². The Morgan fingerprint density at radius 2 is 1.56 bits per heavy atom. The van der Waals surface area contributed by atoms with Gasteiger partial charge in [-0.2, -0.15) is 0 Å². The minimum absolute atomic E-state index is 0.317. The van der Waals surface area contributed by atoms with E-state index in [4.69, 9.17) is 9.47 Å². The molecule has 98 valence electrons. The third-order valence-electron chi connectivity index (χ3n) is 3.79. The molecule has 2 aliphatic rings. The van der Waals surface area contributed by atoms with Gasteiger partial charge in [0.05, 0.1) is 19.3 Å². The molecule has 3 nitrogen and oxygen atoms in total. The predicted molar refractivity (Wildman–Crippen MR) is 70.5 cm³/mol. The summed E-state index contributed by atoms with van der Waals surface area (Å²) in [4.78, 5) is 0. The first-order chi connectivity index (χ1) is 8.62. The van der Waals surface area contributed by atoms with Crippen LogP contribution >= 0.6 is 0 Å². The van der Waals surface area contributed by atoms with E-state index in [0.717, 1.165) is 26.1 Å². The Morgan fingerprint density at radius 3 is 2.11 bits per heavy atom. The van der Waals surface area contributed by atoms with Crippen molar-refractivity contribution >= 4 is 0 Å². The molecule has 0 bridgehead atoms. The summed E-state index contributed by atoms with van der Waals surface area (Å²) < 4.78 is 11.4. The van der Waals surface area contributed by atoms with E-state index >= 15 is 0 Å². The van der Waals surface area contributed by atoms with E-state index in [1.54, 1.807) is 0 Å². The van der Waals surface area contributed by atoms with Crippen LogP contribution in [-0.2, 0) is 22.3 Å². The lowest BCUT2D eigenvalue weighted by molar-refractivity contribution is -0.253. The Balaban J connectivity index is 1.54. The van der Waals surface area contributed by atoms with E-state index in [0.29, 0.717) is 12.1 Å². The maximum absolute atomic E-state index is 5.68. The molecular weight excluding hydrogens is 226 g/mol. The van der Waals surface area contributed by atoms with Gasteiger partial charge in [-0.1, -0.05) is 24.3 Å². The summed E-state index contributed by atoms with van der Waals surface area (Å²) in [5, 5.41) is 3.65. The van der Waals surface area contributed by atoms with Gasteiger partial charge in [-0.15, -0.1) is 0 Å². The maximum Gasteiger partial charge on any atom is 0.162 e. The number of benzene rings is 1. The van der Waals surface area contributed by atoms with Crippen molar-refractivity contribution in [1.29, 1.82) is 0 Å². The summed E-state index contributed by atoms with van der Waals surface area (Å²) in [6.07, 6.45) is 2.24. The molecule has 1 N–H and O–H groups in total. The Kier molecular flexibility index (Phi) is 3.14. The summed E-state index contributed by atoms with van der Waals surface area (Å²) in [6, 6.07) is 9.55. The molecule has 0 radical (unpaired) electrons. The summed E-state index contributed by atoms with van der Waals surface area (Å²) in [5.41, 5.74) is 2.96. The average Bonchev–Trinajstić information content (AvgIpc) is 2.74. The molecule has 3 heteroatoms. The van der Waals surface area contributed by atoms with Crippen LogP contribution in [0.2, 0.25) is 0 Å².